The van der Waals surface area contributed by atoms with Crippen molar-refractivity contribution in [1.82, 2.24) is 19.9 Å². The molecule has 1 aliphatic heterocycles. The second kappa shape index (κ2) is 8.99. The van der Waals surface area contributed by atoms with Gasteiger partial charge < -0.3 is 30.8 Å². The van der Waals surface area contributed by atoms with Crippen molar-refractivity contribution in [2.24, 2.45) is 34.5 Å². The average Bonchev–Trinajstić information content (AvgIpc) is 3.60. The van der Waals surface area contributed by atoms with Crippen LogP contribution in [0, 0.1) is 34.5 Å². The number of aromatic amines is 1. The molecule has 0 amide bonds. The lowest BCUT2D eigenvalue weighted by atomic mass is 9.42. The minimum absolute atomic E-state index is 0.00129. The molecule has 9 atom stereocenters. The molecular weight excluding hydrogens is 486 g/mol. The van der Waals surface area contributed by atoms with Crippen LogP contribution in [0.5, 0.6) is 0 Å². The number of aromatic nitrogens is 4. The van der Waals surface area contributed by atoms with E-state index >= 15 is 0 Å². The Morgan fingerprint density at radius 1 is 1.05 bits per heavy atom. The molecule has 4 fully saturated rings. The summed E-state index contributed by atoms with van der Waals surface area (Å²) in [6, 6.07) is 0. The zero-order valence-electron chi connectivity index (χ0n) is 22.1. The lowest BCUT2D eigenvalue weighted by Gasteiger charge is -2.64. The quantitative estimate of drug-likeness (QED) is 0.351. The molecular formula is C28H39N5O5. The van der Waals surface area contributed by atoms with E-state index in [2.05, 4.69) is 26.9 Å². The van der Waals surface area contributed by atoms with Crippen molar-refractivity contribution in [3.8, 4) is 0 Å². The van der Waals surface area contributed by atoms with Gasteiger partial charge in [-0.05, 0) is 86.0 Å². The third-order valence-electron chi connectivity index (χ3n) is 11.3. The summed E-state index contributed by atoms with van der Waals surface area (Å²) >= 11 is 0. The summed E-state index contributed by atoms with van der Waals surface area (Å²) in [5.41, 5.74) is 6.26. The topological polar surface area (TPSA) is 167 Å². The summed E-state index contributed by atoms with van der Waals surface area (Å²) in [5.74, 6) is 1.07. The number of hydrogen-bond donors (Lipinski definition) is 5. The number of esters is 1. The maximum absolute atomic E-state index is 12.1. The normalized spacial score (nSPS) is 43.8. The van der Waals surface area contributed by atoms with Gasteiger partial charge in [-0.3, -0.25) is 0 Å². The highest BCUT2D eigenvalue weighted by Crippen LogP contribution is 2.69. The molecule has 2 aromatic rings. The third kappa shape index (κ3) is 3.63. The molecule has 4 saturated carbocycles. The van der Waals surface area contributed by atoms with Crippen LogP contribution in [0.15, 0.2) is 24.3 Å². The monoisotopic (exact) mass is 525 g/mol. The average molecular weight is 526 g/mol. The first-order valence-electron chi connectivity index (χ1n) is 13.9. The van der Waals surface area contributed by atoms with Gasteiger partial charge in [-0.2, -0.15) is 0 Å². The van der Waals surface area contributed by atoms with Crippen molar-refractivity contribution in [2.75, 3.05) is 12.3 Å². The SMILES string of the molecule is C[C@]12CC[C@H](O)C[C@H]1CC[C@@H]1[C@@H]2C[C@@H](O)[C@]2(C)[C@@H](C3=CC(=O)OC3)CC[C@]12O.Nc1ncnc2[nH]cnc12. The van der Waals surface area contributed by atoms with Gasteiger partial charge in [0.15, 0.2) is 11.5 Å². The number of H-pyrrole nitrogens is 1. The second-order valence-corrected chi connectivity index (χ2v) is 12.7. The Hall–Kier alpha value is -2.56. The largest absolute Gasteiger partial charge is 0.458 e. The maximum atomic E-state index is 12.1. The van der Waals surface area contributed by atoms with Gasteiger partial charge in [-0.1, -0.05) is 13.8 Å². The number of hydrogen-bond acceptors (Lipinski definition) is 9. The summed E-state index contributed by atoms with van der Waals surface area (Å²) < 4.78 is 5.16. The molecule has 0 saturated heterocycles. The van der Waals surface area contributed by atoms with Crippen LogP contribution in [0.2, 0.25) is 0 Å². The van der Waals surface area contributed by atoms with Gasteiger partial charge in [0.05, 0.1) is 24.1 Å². The van der Waals surface area contributed by atoms with E-state index in [4.69, 9.17) is 10.5 Å². The predicted octanol–water partition coefficient (Wildman–Crippen LogP) is 2.51. The fourth-order valence-corrected chi connectivity index (χ4v) is 9.15. The predicted molar refractivity (Wildman–Crippen MR) is 139 cm³/mol. The molecule has 4 aliphatic carbocycles. The number of nitrogens with two attached hydrogens (primary N) is 1. The molecule has 0 radical (unpaired) electrons. The molecule has 0 spiro atoms. The van der Waals surface area contributed by atoms with Crippen molar-refractivity contribution in [1.29, 1.82) is 0 Å². The van der Waals surface area contributed by atoms with E-state index in [0.717, 1.165) is 44.1 Å². The van der Waals surface area contributed by atoms with E-state index in [1.807, 2.05) is 6.92 Å². The maximum Gasteiger partial charge on any atom is 0.331 e. The lowest BCUT2D eigenvalue weighted by Crippen LogP contribution is -2.67. The van der Waals surface area contributed by atoms with E-state index in [-0.39, 0.29) is 29.3 Å². The number of aliphatic hydroxyl groups excluding tert-OH is 2. The van der Waals surface area contributed by atoms with Crippen molar-refractivity contribution in [2.45, 2.75) is 83.0 Å². The van der Waals surface area contributed by atoms with Crippen LogP contribution < -0.4 is 5.73 Å². The smallest absolute Gasteiger partial charge is 0.331 e. The van der Waals surface area contributed by atoms with Gasteiger partial charge in [0, 0.05) is 11.5 Å². The van der Waals surface area contributed by atoms with Crippen LogP contribution in [0.3, 0.4) is 0 Å². The minimum atomic E-state index is -0.906. The molecule has 38 heavy (non-hydrogen) atoms. The van der Waals surface area contributed by atoms with Crippen LogP contribution in [0.4, 0.5) is 5.82 Å². The summed E-state index contributed by atoms with van der Waals surface area (Å²) in [5, 5.41) is 33.7. The Bertz CT molecular complexity index is 1270. The molecule has 2 aromatic heterocycles. The van der Waals surface area contributed by atoms with E-state index < -0.39 is 17.1 Å². The highest BCUT2D eigenvalue weighted by atomic mass is 16.5. The fraction of sp³-hybridized carbons (Fsp3) is 0.714. The van der Waals surface area contributed by atoms with Crippen molar-refractivity contribution in [3.05, 3.63) is 24.3 Å². The van der Waals surface area contributed by atoms with E-state index in [0.29, 0.717) is 48.3 Å². The molecule has 10 nitrogen and oxygen atoms in total. The first-order valence-corrected chi connectivity index (χ1v) is 13.9. The standard InChI is InChI=1S/C23H34O5.C5H5N5/c1-21-7-5-15(24)10-14(21)3-4-17-18(21)11-19(25)22(2)16(6-8-23(17,22)27)13-9-20(26)28-12-13;6-4-3-5(9-1-7-3)10-2-8-4/h9,14-19,24-25,27H,3-8,10-12H2,1-2H3;1-2H,(H3,6,7,8,9,10)/t14-,15+,16-,17-,18+,19-,21+,22+,23+;/m1./s1. The summed E-state index contributed by atoms with van der Waals surface area (Å²) in [6.45, 7) is 4.69. The molecule has 7 rings (SSSR count). The van der Waals surface area contributed by atoms with Gasteiger partial charge in [0.2, 0.25) is 0 Å². The number of aliphatic hydroxyl groups is 3. The van der Waals surface area contributed by atoms with E-state index in [1.165, 1.54) is 12.7 Å². The number of cyclic esters (lactones) is 1. The van der Waals surface area contributed by atoms with Gasteiger partial charge in [0.25, 0.3) is 0 Å². The Labute approximate surface area is 222 Å². The van der Waals surface area contributed by atoms with Crippen LogP contribution in [0.25, 0.3) is 11.2 Å². The Morgan fingerprint density at radius 2 is 1.87 bits per heavy atom. The number of imidazole rings is 1. The van der Waals surface area contributed by atoms with Gasteiger partial charge in [-0.25, -0.2) is 19.7 Å². The molecule has 0 unspecified atom stereocenters. The Kier molecular flexibility index (Phi) is 6.08. The molecule has 10 heteroatoms. The second-order valence-electron chi connectivity index (χ2n) is 12.7. The number of rotatable bonds is 1. The van der Waals surface area contributed by atoms with Gasteiger partial charge in [0.1, 0.15) is 18.5 Å². The number of nitrogens with one attached hydrogen (secondary N) is 1. The molecule has 6 N–H and O–H groups in total. The molecule has 0 aromatic carbocycles. The Balaban J connectivity index is 0.000000221. The van der Waals surface area contributed by atoms with Crippen LogP contribution in [-0.2, 0) is 9.53 Å². The third-order valence-corrected chi connectivity index (χ3v) is 11.3. The van der Waals surface area contributed by atoms with Gasteiger partial charge >= 0.3 is 5.97 Å². The van der Waals surface area contributed by atoms with Crippen LogP contribution in [-0.4, -0.2) is 65.6 Å². The number of nitrogens with zero attached hydrogens (tertiary/aromatic N) is 3. The highest BCUT2D eigenvalue weighted by molar-refractivity contribution is 5.85. The Morgan fingerprint density at radius 3 is 2.61 bits per heavy atom. The first kappa shape index (κ1) is 25.7. The van der Waals surface area contributed by atoms with E-state index in [9.17, 15) is 20.1 Å². The number of fused-ring (bicyclic) bond motifs is 6. The molecule has 3 heterocycles. The number of carbonyl (C=O) groups is 1. The van der Waals surface area contributed by atoms with Crippen molar-refractivity contribution < 1.29 is 24.9 Å². The molecule has 5 aliphatic rings. The zero-order chi connectivity index (χ0) is 26.9. The van der Waals surface area contributed by atoms with Crippen LogP contribution >= 0.6 is 0 Å². The first-order chi connectivity index (χ1) is 18.1. The number of nitrogen functional groups attached to an aromatic ring is 1. The zero-order valence-corrected chi connectivity index (χ0v) is 22.1. The minimum Gasteiger partial charge on any atom is -0.458 e. The van der Waals surface area contributed by atoms with E-state index in [1.54, 1.807) is 6.08 Å². The van der Waals surface area contributed by atoms with Gasteiger partial charge in [-0.15, -0.1) is 0 Å². The summed E-state index contributed by atoms with van der Waals surface area (Å²) in [6.07, 6.45) is 10.6. The summed E-state index contributed by atoms with van der Waals surface area (Å²) in [4.78, 5) is 26.0. The molecule has 206 valence electrons. The lowest BCUT2D eigenvalue weighted by molar-refractivity contribution is -0.244. The summed E-state index contributed by atoms with van der Waals surface area (Å²) in [7, 11) is 0. The van der Waals surface area contributed by atoms with Crippen molar-refractivity contribution in [3.63, 3.8) is 0 Å². The fourth-order valence-electron chi connectivity index (χ4n) is 9.15. The number of anilines is 1. The number of ether oxygens (including phenoxy) is 1. The molecule has 0 bridgehead atoms. The number of carbonyl (C=O) groups excluding carboxylic acids is 1. The van der Waals surface area contributed by atoms with Crippen LogP contribution in [0.1, 0.15) is 65.2 Å². The highest BCUT2D eigenvalue weighted by Gasteiger charge is 2.70. The van der Waals surface area contributed by atoms with Crippen molar-refractivity contribution >= 4 is 23.0 Å².